The van der Waals surface area contributed by atoms with Gasteiger partial charge in [0.15, 0.2) is 0 Å². The number of unbranched alkanes of at least 4 members (excludes halogenated alkanes) is 5. The molecule has 0 heteroatoms. The summed E-state index contributed by atoms with van der Waals surface area (Å²) in [5.41, 5.74) is 5.88. The van der Waals surface area contributed by atoms with E-state index in [0.717, 1.165) is 23.7 Å². The van der Waals surface area contributed by atoms with Crippen molar-refractivity contribution >= 4 is 0 Å². The molecule has 2 aromatic carbocycles. The second-order valence-electron chi connectivity index (χ2n) is 11.5. The van der Waals surface area contributed by atoms with E-state index in [0.29, 0.717) is 0 Å². The molecule has 180 valence electrons. The first-order chi connectivity index (χ1) is 16.2. The van der Waals surface area contributed by atoms with Crippen molar-refractivity contribution < 1.29 is 0 Å². The molecule has 2 saturated carbocycles. The minimum Gasteiger partial charge on any atom is -0.0654 e. The number of rotatable bonds is 10. The molecule has 0 saturated heterocycles. The Kier molecular flexibility index (Phi) is 9.51. The first-order valence-corrected chi connectivity index (χ1v) is 14.4. The van der Waals surface area contributed by atoms with E-state index in [9.17, 15) is 0 Å². The van der Waals surface area contributed by atoms with Gasteiger partial charge in [0.2, 0.25) is 0 Å². The Labute approximate surface area is 204 Å². The highest BCUT2D eigenvalue weighted by molar-refractivity contribution is 5.64. The zero-order valence-corrected chi connectivity index (χ0v) is 21.5. The Morgan fingerprint density at radius 3 is 1.52 bits per heavy atom. The lowest BCUT2D eigenvalue weighted by molar-refractivity contribution is 0.302. The molecule has 0 heterocycles. The highest BCUT2D eigenvalue weighted by Crippen LogP contribution is 2.39. The van der Waals surface area contributed by atoms with Crippen molar-refractivity contribution in [3.05, 3.63) is 59.7 Å². The fourth-order valence-corrected chi connectivity index (χ4v) is 6.49. The second kappa shape index (κ2) is 12.8. The van der Waals surface area contributed by atoms with E-state index in [-0.39, 0.29) is 0 Å². The van der Waals surface area contributed by atoms with Crippen LogP contribution in [-0.4, -0.2) is 0 Å². The lowest BCUT2D eigenvalue weighted by atomic mass is 9.77. The molecule has 0 aromatic heterocycles. The Hall–Kier alpha value is -1.56. The molecule has 0 unspecified atom stereocenters. The molecule has 0 radical (unpaired) electrons. The smallest absolute Gasteiger partial charge is 0.0162 e. The fourth-order valence-electron chi connectivity index (χ4n) is 6.49. The van der Waals surface area contributed by atoms with Crippen LogP contribution in [0.2, 0.25) is 0 Å². The van der Waals surface area contributed by atoms with Crippen LogP contribution in [-0.2, 0) is 0 Å². The van der Waals surface area contributed by atoms with Gasteiger partial charge in [0.1, 0.15) is 0 Å². The molecule has 0 nitrogen and oxygen atoms in total. The predicted molar refractivity (Wildman–Crippen MR) is 145 cm³/mol. The largest absolute Gasteiger partial charge is 0.0654 e. The lowest BCUT2D eigenvalue weighted by Gasteiger charge is -2.29. The van der Waals surface area contributed by atoms with Crippen molar-refractivity contribution in [2.45, 2.75) is 122 Å². The SMILES string of the molecule is CCCCCCCCC1CCC(c2ccc(-c3ccc(C4CCC(C)CC4)cc3)cc2)CC1. The van der Waals surface area contributed by atoms with E-state index in [1.807, 2.05) is 0 Å². The van der Waals surface area contributed by atoms with E-state index >= 15 is 0 Å². The van der Waals surface area contributed by atoms with Gasteiger partial charge in [0.25, 0.3) is 0 Å². The normalized spacial score (nSPS) is 25.8. The third kappa shape index (κ3) is 7.21. The minimum atomic E-state index is 0.786. The van der Waals surface area contributed by atoms with Gasteiger partial charge in [-0.2, -0.15) is 0 Å². The molecule has 0 amide bonds. The zero-order valence-electron chi connectivity index (χ0n) is 21.5. The summed E-state index contributed by atoms with van der Waals surface area (Å²) in [4.78, 5) is 0. The molecule has 2 aromatic rings. The Morgan fingerprint density at radius 2 is 1.00 bits per heavy atom. The standard InChI is InChI=1S/C33H48/c1-3-4-5-6-7-8-9-27-12-16-29(17-13-27)31-20-24-33(25-21-31)32-22-18-30(19-23-32)28-14-10-26(2)11-15-28/h18-29H,3-17H2,1-2H3. The monoisotopic (exact) mass is 444 g/mol. The van der Waals surface area contributed by atoms with Crippen LogP contribution in [0.5, 0.6) is 0 Å². The first-order valence-electron chi connectivity index (χ1n) is 14.4. The van der Waals surface area contributed by atoms with E-state index in [2.05, 4.69) is 62.4 Å². The van der Waals surface area contributed by atoms with E-state index in [4.69, 9.17) is 0 Å². The Balaban J connectivity index is 1.23. The van der Waals surface area contributed by atoms with Gasteiger partial charge in [-0.15, -0.1) is 0 Å². The fraction of sp³-hybridized carbons (Fsp3) is 0.636. The van der Waals surface area contributed by atoms with Crippen molar-refractivity contribution in [2.75, 3.05) is 0 Å². The first kappa shape index (κ1) is 24.6. The van der Waals surface area contributed by atoms with Crippen molar-refractivity contribution in [1.29, 1.82) is 0 Å². The number of hydrogen-bond donors (Lipinski definition) is 0. The summed E-state index contributed by atoms with van der Waals surface area (Å²) < 4.78 is 0. The zero-order chi connectivity index (χ0) is 22.9. The van der Waals surface area contributed by atoms with Gasteiger partial charge < -0.3 is 0 Å². The molecular formula is C33H48. The van der Waals surface area contributed by atoms with Crippen molar-refractivity contribution in [2.24, 2.45) is 11.8 Å². The molecule has 33 heavy (non-hydrogen) atoms. The van der Waals surface area contributed by atoms with Gasteiger partial charge in [-0.3, -0.25) is 0 Å². The maximum atomic E-state index is 2.42. The summed E-state index contributed by atoms with van der Waals surface area (Å²) in [6.07, 6.45) is 21.3. The lowest BCUT2D eigenvalue weighted by Crippen LogP contribution is -2.13. The maximum absolute atomic E-state index is 2.42. The average molecular weight is 445 g/mol. The van der Waals surface area contributed by atoms with Crippen LogP contribution in [0.1, 0.15) is 133 Å². The average Bonchev–Trinajstić information content (AvgIpc) is 2.87. The van der Waals surface area contributed by atoms with Crippen LogP contribution < -0.4 is 0 Å². The summed E-state index contributed by atoms with van der Waals surface area (Å²) >= 11 is 0. The van der Waals surface area contributed by atoms with Crippen LogP contribution in [0, 0.1) is 11.8 Å². The topological polar surface area (TPSA) is 0 Å². The van der Waals surface area contributed by atoms with Gasteiger partial charge in [-0.05, 0) is 84.5 Å². The van der Waals surface area contributed by atoms with E-state index in [1.54, 1.807) is 11.1 Å². The third-order valence-electron chi connectivity index (χ3n) is 8.93. The summed E-state index contributed by atoms with van der Waals surface area (Å²) in [5.74, 6) is 3.50. The molecule has 2 fully saturated rings. The summed E-state index contributed by atoms with van der Waals surface area (Å²) in [6.45, 7) is 4.71. The van der Waals surface area contributed by atoms with Crippen LogP contribution in [0.25, 0.3) is 11.1 Å². The quantitative estimate of drug-likeness (QED) is 0.320. The molecule has 2 aliphatic carbocycles. The van der Waals surface area contributed by atoms with Gasteiger partial charge in [0, 0.05) is 0 Å². The van der Waals surface area contributed by atoms with Gasteiger partial charge in [-0.1, -0.05) is 120 Å². The Morgan fingerprint density at radius 1 is 0.545 bits per heavy atom. The number of hydrogen-bond acceptors (Lipinski definition) is 0. The highest BCUT2D eigenvalue weighted by atomic mass is 14.3. The van der Waals surface area contributed by atoms with Crippen molar-refractivity contribution in [3.8, 4) is 11.1 Å². The molecule has 2 aliphatic rings. The highest BCUT2D eigenvalue weighted by Gasteiger charge is 2.22. The molecular weight excluding hydrogens is 396 g/mol. The number of benzene rings is 2. The van der Waals surface area contributed by atoms with Gasteiger partial charge in [-0.25, -0.2) is 0 Å². The van der Waals surface area contributed by atoms with E-state index < -0.39 is 0 Å². The maximum Gasteiger partial charge on any atom is -0.0162 e. The predicted octanol–water partition coefficient (Wildman–Crippen LogP) is 10.7. The molecule has 0 aliphatic heterocycles. The molecule has 0 N–H and O–H groups in total. The van der Waals surface area contributed by atoms with Gasteiger partial charge in [0.05, 0.1) is 0 Å². The molecule has 0 atom stereocenters. The van der Waals surface area contributed by atoms with Crippen LogP contribution in [0.15, 0.2) is 48.5 Å². The van der Waals surface area contributed by atoms with Crippen LogP contribution in [0.4, 0.5) is 0 Å². The van der Waals surface area contributed by atoms with Crippen LogP contribution in [0.3, 0.4) is 0 Å². The summed E-state index contributed by atoms with van der Waals surface area (Å²) in [6, 6.07) is 19.1. The Bertz CT molecular complexity index is 783. The molecule has 0 bridgehead atoms. The van der Waals surface area contributed by atoms with Crippen molar-refractivity contribution in [3.63, 3.8) is 0 Å². The molecule has 0 spiro atoms. The van der Waals surface area contributed by atoms with Gasteiger partial charge >= 0.3 is 0 Å². The van der Waals surface area contributed by atoms with Crippen molar-refractivity contribution in [1.82, 2.24) is 0 Å². The third-order valence-corrected chi connectivity index (χ3v) is 8.93. The minimum absolute atomic E-state index is 0.786. The summed E-state index contributed by atoms with van der Waals surface area (Å²) in [5, 5.41) is 0. The summed E-state index contributed by atoms with van der Waals surface area (Å²) in [7, 11) is 0. The molecule has 4 rings (SSSR count). The van der Waals surface area contributed by atoms with Crippen LogP contribution >= 0.6 is 0 Å². The van der Waals surface area contributed by atoms with E-state index in [1.165, 1.54) is 107 Å². The second-order valence-corrected chi connectivity index (χ2v) is 11.5.